The van der Waals surface area contributed by atoms with Crippen molar-refractivity contribution in [3.05, 3.63) is 76.9 Å². The van der Waals surface area contributed by atoms with Crippen LogP contribution in [0.2, 0.25) is 0 Å². The van der Waals surface area contributed by atoms with Crippen LogP contribution in [0, 0.1) is 6.92 Å². The third-order valence-corrected chi connectivity index (χ3v) is 5.56. The Bertz CT molecular complexity index is 1100. The quantitative estimate of drug-likeness (QED) is 0.462. The molecule has 0 unspecified atom stereocenters. The van der Waals surface area contributed by atoms with E-state index in [9.17, 15) is 4.79 Å². The number of fused-ring (bicyclic) bond motifs is 1. The van der Waals surface area contributed by atoms with E-state index in [2.05, 4.69) is 27.0 Å². The second-order valence-electron chi connectivity index (χ2n) is 6.53. The summed E-state index contributed by atoms with van der Waals surface area (Å²) in [5.74, 6) is 0.782. The molecule has 0 aliphatic heterocycles. The number of ether oxygens (including phenoxy) is 1. The van der Waals surface area contributed by atoms with Gasteiger partial charge in [-0.1, -0.05) is 30.3 Å². The summed E-state index contributed by atoms with van der Waals surface area (Å²) in [6.45, 7) is 2.92. The van der Waals surface area contributed by atoms with Crippen LogP contribution < -0.4 is 10.1 Å². The van der Waals surface area contributed by atoms with E-state index in [1.807, 2.05) is 48.7 Å². The van der Waals surface area contributed by atoms with Crippen LogP contribution in [0.1, 0.15) is 21.6 Å². The molecule has 0 radical (unpaired) electrons. The Morgan fingerprint density at radius 1 is 1.21 bits per heavy atom. The van der Waals surface area contributed by atoms with Crippen LogP contribution in [0.15, 0.2) is 60.1 Å². The number of nitrogens with one attached hydrogen (secondary N) is 1. The van der Waals surface area contributed by atoms with Crippen molar-refractivity contribution in [3.63, 3.8) is 0 Å². The number of carbonyl (C=O) groups is 1. The Hall–Kier alpha value is -3.12. The third kappa shape index (κ3) is 3.51. The largest absolute Gasteiger partial charge is 0.497 e. The fourth-order valence-corrected chi connectivity index (χ4v) is 3.99. The summed E-state index contributed by atoms with van der Waals surface area (Å²) < 4.78 is 7.59. The van der Waals surface area contributed by atoms with Crippen LogP contribution in [0.3, 0.4) is 0 Å². The van der Waals surface area contributed by atoms with E-state index in [-0.39, 0.29) is 12.3 Å². The molecule has 0 fully saturated rings. The fourth-order valence-electron chi connectivity index (χ4n) is 3.47. The number of hydrogen-bond acceptors (Lipinski definition) is 5. The standard InChI is InChI=1S/C22H21N3O2S/c1-15-21(20(26)13-24-22-23-10-11-28-22)18-12-17(27-2)8-9-19(18)25(15)14-16-6-4-3-5-7-16/h3-12H,13-14H2,1-2H3,(H,23,24). The van der Waals surface area contributed by atoms with Gasteiger partial charge in [0, 0.05) is 40.3 Å². The zero-order valence-electron chi connectivity index (χ0n) is 15.8. The lowest BCUT2D eigenvalue weighted by Gasteiger charge is -2.09. The number of rotatable bonds is 7. The maximum atomic E-state index is 13.1. The zero-order valence-corrected chi connectivity index (χ0v) is 16.6. The SMILES string of the molecule is COc1ccc2c(c1)c(C(=O)CNc1nccs1)c(C)n2Cc1ccccc1. The number of methoxy groups -OCH3 is 1. The monoisotopic (exact) mass is 391 g/mol. The minimum atomic E-state index is 0.0396. The van der Waals surface area contributed by atoms with Gasteiger partial charge in [0.25, 0.3) is 0 Å². The van der Waals surface area contributed by atoms with E-state index in [0.717, 1.165) is 33.0 Å². The van der Waals surface area contributed by atoms with Crippen molar-refractivity contribution in [2.45, 2.75) is 13.5 Å². The molecule has 6 heteroatoms. The third-order valence-electron chi connectivity index (χ3n) is 4.83. The fraction of sp³-hybridized carbons (Fsp3) is 0.182. The first kappa shape index (κ1) is 18.3. The number of nitrogens with zero attached hydrogens (tertiary/aromatic N) is 2. The first-order valence-electron chi connectivity index (χ1n) is 9.04. The number of Topliss-reactive ketones (excluding diaryl/α,β-unsaturated/α-hetero) is 1. The summed E-state index contributed by atoms with van der Waals surface area (Å²) in [7, 11) is 1.64. The molecule has 2 heterocycles. The molecule has 4 aromatic rings. The number of anilines is 1. The second kappa shape index (κ2) is 7.86. The first-order chi connectivity index (χ1) is 13.7. The Balaban J connectivity index is 1.75. The highest BCUT2D eigenvalue weighted by atomic mass is 32.1. The zero-order chi connectivity index (χ0) is 19.5. The van der Waals surface area contributed by atoms with Crippen LogP contribution in [-0.2, 0) is 6.54 Å². The molecule has 0 aliphatic rings. The molecule has 0 saturated heterocycles. The Kier molecular flexibility index (Phi) is 5.12. The molecule has 2 aromatic heterocycles. The number of thiazole rings is 1. The maximum absolute atomic E-state index is 13.1. The molecule has 28 heavy (non-hydrogen) atoms. The lowest BCUT2D eigenvalue weighted by atomic mass is 10.1. The van der Waals surface area contributed by atoms with Crippen LogP contribution in [0.5, 0.6) is 5.75 Å². The van der Waals surface area contributed by atoms with Gasteiger partial charge in [-0.25, -0.2) is 4.98 Å². The van der Waals surface area contributed by atoms with Gasteiger partial charge >= 0.3 is 0 Å². The average molecular weight is 391 g/mol. The summed E-state index contributed by atoms with van der Waals surface area (Å²) in [5, 5.41) is 6.67. The number of hydrogen-bond donors (Lipinski definition) is 1. The molecule has 4 rings (SSSR count). The summed E-state index contributed by atoms with van der Waals surface area (Å²) in [6, 6.07) is 16.2. The van der Waals surface area contributed by atoms with Crippen LogP contribution >= 0.6 is 11.3 Å². The lowest BCUT2D eigenvalue weighted by molar-refractivity contribution is 0.101. The van der Waals surface area contributed by atoms with Gasteiger partial charge in [-0.15, -0.1) is 11.3 Å². The van der Waals surface area contributed by atoms with Gasteiger partial charge in [0.1, 0.15) is 5.75 Å². The van der Waals surface area contributed by atoms with E-state index in [0.29, 0.717) is 6.54 Å². The summed E-state index contributed by atoms with van der Waals surface area (Å²) >= 11 is 1.48. The van der Waals surface area contributed by atoms with Crippen molar-refractivity contribution < 1.29 is 9.53 Å². The van der Waals surface area contributed by atoms with Crippen LogP contribution in [0.4, 0.5) is 5.13 Å². The number of aromatic nitrogens is 2. The van der Waals surface area contributed by atoms with Crippen molar-refractivity contribution in [2.75, 3.05) is 19.0 Å². The van der Waals surface area contributed by atoms with E-state index in [4.69, 9.17) is 4.74 Å². The number of carbonyl (C=O) groups excluding carboxylic acids is 1. The Labute approximate surface area is 167 Å². The summed E-state index contributed by atoms with van der Waals surface area (Å²) in [6.07, 6.45) is 1.72. The number of ketones is 1. The Morgan fingerprint density at radius 3 is 2.75 bits per heavy atom. The predicted octanol–water partition coefficient (Wildman–Crippen LogP) is 4.76. The van der Waals surface area contributed by atoms with Crippen LogP contribution in [-0.4, -0.2) is 29.0 Å². The van der Waals surface area contributed by atoms with Crippen molar-refractivity contribution in [2.24, 2.45) is 0 Å². The second-order valence-corrected chi connectivity index (χ2v) is 7.42. The van der Waals surface area contributed by atoms with Crippen molar-refractivity contribution in [1.29, 1.82) is 0 Å². The van der Waals surface area contributed by atoms with Gasteiger partial charge < -0.3 is 14.6 Å². The molecule has 0 atom stereocenters. The molecule has 0 bridgehead atoms. The molecule has 142 valence electrons. The maximum Gasteiger partial charge on any atom is 0.184 e. The topological polar surface area (TPSA) is 56.1 Å². The van der Waals surface area contributed by atoms with E-state index >= 15 is 0 Å². The van der Waals surface area contributed by atoms with E-state index in [1.165, 1.54) is 16.9 Å². The molecule has 1 N–H and O–H groups in total. The van der Waals surface area contributed by atoms with Crippen molar-refractivity contribution in [1.82, 2.24) is 9.55 Å². The highest BCUT2D eigenvalue weighted by molar-refractivity contribution is 7.13. The molecule has 0 saturated carbocycles. The van der Waals surface area contributed by atoms with Gasteiger partial charge in [0.2, 0.25) is 0 Å². The first-order valence-corrected chi connectivity index (χ1v) is 9.92. The molecular formula is C22H21N3O2S. The van der Waals surface area contributed by atoms with E-state index < -0.39 is 0 Å². The highest BCUT2D eigenvalue weighted by Crippen LogP contribution is 2.30. The number of benzene rings is 2. The molecular weight excluding hydrogens is 370 g/mol. The predicted molar refractivity (Wildman–Crippen MR) is 114 cm³/mol. The molecule has 0 amide bonds. The average Bonchev–Trinajstić information content (AvgIpc) is 3.33. The van der Waals surface area contributed by atoms with Crippen molar-refractivity contribution in [3.8, 4) is 5.75 Å². The minimum absolute atomic E-state index is 0.0396. The summed E-state index contributed by atoms with van der Waals surface area (Å²) in [4.78, 5) is 17.3. The lowest BCUT2D eigenvalue weighted by Crippen LogP contribution is -2.15. The molecule has 0 spiro atoms. The molecule has 2 aromatic carbocycles. The summed E-state index contributed by atoms with van der Waals surface area (Å²) in [5.41, 5.74) is 3.91. The van der Waals surface area contributed by atoms with Gasteiger partial charge in [0.05, 0.1) is 13.7 Å². The van der Waals surface area contributed by atoms with Gasteiger partial charge in [-0.05, 0) is 30.7 Å². The molecule has 5 nitrogen and oxygen atoms in total. The van der Waals surface area contributed by atoms with Gasteiger partial charge in [-0.3, -0.25) is 4.79 Å². The van der Waals surface area contributed by atoms with Crippen molar-refractivity contribution >= 4 is 33.2 Å². The Morgan fingerprint density at radius 2 is 2.04 bits per heavy atom. The van der Waals surface area contributed by atoms with E-state index in [1.54, 1.807) is 13.3 Å². The highest BCUT2D eigenvalue weighted by Gasteiger charge is 2.20. The molecule has 0 aliphatic carbocycles. The smallest absolute Gasteiger partial charge is 0.184 e. The van der Waals surface area contributed by atoms with Gasteiger partial charge in [-0.2, -0.15) is 0 Å². The normalized spacial score (nSPS) is 10.9. The van der Waals surface area contributed by atoms with Gasteiger partial charge in [0.15, 0.2) is 10.9 Å². The van der Waals surface area contributed by atoms with Crippen LogP contribution in [0.25, 0.3) is 10.9 Å². The minimum Gasteiger partial charge on any atom is -0.497 e.